The number of rotatable bonds is 4. The second-order valence-electron chi connectivity index (χ2n) is 8.23. The van der Waals surface area contributed by atoms with Crippen LogP contribution in [-0.4, -0.2) is 57.3 Å². The molecule has 10 heteroatoms. The van der Waals surface area contributed by atoms with Gasteiger partial charge in [-0.05, 0) is 23.8 Å². The van der Waals surface area contributed by atoms with Crippen LogP contribution in [0.25, 0.3) is 16.6 Å². The molecule has 2 amide bonds. The van der Waals surface area contributed by atoms with Crippen molar-refractivity contribution >= 4 is 40.0 Å². The number of halogens is 1. The molecular weight excluding hydrogens is 437 g/mol. The maximum atomic E-state index is 14.2. The number of imidazole rings is 1. The SMILES string of the molecule is CC(=O)N1CCN(c2ccccc2CNC(=O)c2cn3c(N)nc4c(F)cccc4c3n2)CC1. The largest absolute Gasteiger partial charge is 0.369 e. The zero-order valence-electron chi connectivity index (χ0n) is 18.7. The summed E-state index contributed by atoms with van der Waals surface area (Å²) < 4.78 is 15.6. The Kier molecular flexibility index (Phi) is 5.48. The van der Waals surface area contributed by atoms with Gasteiger partial charge in [-0.3, -0.25) is 14.0 Å². The summed E-state index contributed by atoms with van der Waals surface area (Å²) in [5.74, 6) is -0.737. The molecule has 0 radical (unpaired) electrons. The number of hydrogen-bond acceptors (Lipinski definition) is 6. The van der Waals surface area contributed by atoms with E-state index in [1.165, 1.54) is 16.7 Å². The minimum atomic E-state index is -0.499. The molecule has 2 aromatic heterocycles. The monoisotopic (exact) mass is 461 g/mol. The fourth-order valence-corrected chi connectivity index (χ4v) is 4.33. The predicted octanol–water partition coefficient (Wildman–Crippen LogP) is 2.20. The van der Waals surface area contributed by atoms with Crippen molar-refractivity contribution in [3.63, 3.8) is 0 Å². The fraction of sp³-hybridized carbons (Fsp3) is 0.250. The number of carbonyl (C=O) groups excluding carboxylic acids is 2. The molecule has 1 fully saturated rings. The molecule has 3 heterocycles. The first-order valence-corrected chi connectivity index (χ1v) is 11.0. The summed E-state index contributed by atoms with van der Waals surface area (Å²) in [7, 11) is 0. The van der Waals surface area contributed by atoms with Crippen LogP contribution in [0.2, 0.25) is 0 Å². The number of piperazine rings is 1. The summed E-state index contributed by atoms with van der Waals surface area (Å²) in [4.78, 5) is 37.1. The van der Waals surface area contributed by atoms with E-state index in [4.69, 9.17) is 5.73 Å². The van der Waals surface area contributed by atoms with Crippen molar-refractivity contribution in [1.82, 2.24) is 24.6 Å². The number of para-hydroxylation sites is 2. The van der Waals surface area contributed by atoms with Crippen LogP contribution in [0.1, 0.15) is 23.0 Å². The number of aromatic nitrogens is 3. The van der Waals surface area contributed by atoms with E-state index >= 15 is 0 Å². The number of fused-ring (bicyclic) bond motifs is 3. The van der Waals surface area contributed by atoms with Gasteiger partial charge in [-0.25, -0.2) is 14.4 Å². The summed E-state index contributed by atoms with van der Waals surface area (Å²) in [6.07, 6.45) is 1.50. The molecule has 0 atom stereocenters. The molecule has 0 unspecified atom stereocenters. The van der Waals surface area contributed by atoms with Gasteiger partial charge in [-0.2, -0.15) is 0 Å². The number of nitrogens with two attached hydrogens (primary N) is 1. The van der Waals surface area contributed by atoms with Crippen LogP contribution < -0.4 is 16.0 Å². The molecule has 1 aliphatic rings. The highest BCUT2D eigenvalue weighted by molar-refractivity contribution is 5.97. The number of nitrogens with one attached hydrogen (secondary N) is 1. The summed E-state index contributed by atoms with van der Waals surface area (Å²) in [5, 5.41) is 3.40. The lowest BCUT2D eigenvalue weighted by molar-refractivity contribution is -0.129. The van der Waals surface area contributed by atoms with Crippen molar-refractivity contribution in [1.29, 1.82) is 0 Å². The van der Waals surface area contributed by atoms with Gasteiger partial charge in [0.2, 0.25) is 11.9 Å². The highest BCUT2D eigenvalue weighted by Gasteiger charge is 2.21. The van der Waals surface area contributed by atoms with Gasteiger partial charge in [0, 0.05) is 56.9 Å². The zero-order valence-corrected chi connectivity index (χ0v) is 18.7. The normalized spacial score (nSPS) is 14.1. The van der Waals surface area contributed by atoms with E-state index in [2.05, 4.69) is 20.2 Å². The molecule has 1 aliphatic heterocycles. The lowest BCUT2D eigenvalue weighted by Gasteiger charge is -2.36. The Bertz CT molecular complexity index is 1410. The van der Waals surface area contributed by atoms with Gasteiger partial charge in [-0.1, -0.05) is 24.3 Å². The topological polar surface area (TPSA) is 109 Å². The number of amides is 2. The summed E-state index contributed by atoms with van der Waals surface area (Å²) in [6.45, 7) is 4.68. The third-order valence-corrected chi connectivity index (χ3v) is 6.14. The van der Waals surface area contributed by atoms with Gasteiger partial charge in [-0.15, -0.1) is 0 Å². The van der Waals surface area contributed by atoms with E-state index in [9.17, 15) is 14.0 Å². The lowest BCUT2D eigenvalue weighted by atomic mass is 10.1. The van der Waals surface area contributed by atoms with Crippen molar-refractivity contribution in [3.8, 4) is 0 Å². The Morgan fingerprint density at radius 3 is 2.59 bits per heavy atom. The van der Waals surface area contributed by atoms with Gasteiger partial charge < -0.3 is 20.9 Å². The molecular formula is C24H24FN7O2. The predicted molar refractivity (Wildman–Crippen MR) is 127 cm³/mol. The standard InChI is InChI=1S/C24H24FN7O2/c1-15(33)30-9-11-31(12-10-30)20-8-3-2-5-16(20)13-27-23(34)19-14-32-22(28-19)17-6-4-7-18(25)21(17)29-24(32)26/h2-8,14H,9-13H2,1H3,(H2,26,29)(H,27,34). The van der Waals surface area contributed by atoms with E-state index in [-0.39, 0.29) is 29.0 Å². The number of nitrogens with zero attached hydrogens (tertiary/aromatic N) is 5. The minimum Gasteiger partial charge on any atom is -0.369 e. The minimum absolute atomic E-state index is 0.0502. The number of benzene rings is 2. The van der Waals surface area contributed by atoms with E-state index in [0.29, 0.717) is 30.7 Å². The lowest BCUT2D eigenvalue weighted by Crippen LogP contribution is -2.48. The Labute approximate surface area is 195 Å². The van der Waals surface area contributed by atoms with Gasteiger partial charge in [0.15, 0.2) is 0 Å². The van der Waals surface area contributed by atoms with Crippen LogP contribution in [0.3, 0.4) is 0 Å². The first kappa shape index (κ1) is 21.6. The van der Waals surface area contributed by atoms with E-state index in [0.717, 1.165) is 24.3 Å². The van der Waals surface area contributed by atoms with Crippen LogP contribution in [-0.2, 0) is 11.3 Å². The molecule has 3 N–H and O–H groups in total. The fourth-order valence-electron chi connectivity index (χ4n) is 4.33. The second kappa shape index (κ2) is 8.62. The first-order chi connectivity index (χ1) is 16.4. The Morgan fingerprint density at radius 1 is 1.06 bits per heavy atom. The maximum Gasteiger partial charge on any atom is 0.271 e. The van der Waals surface area contributed by atoms with Crippen LogP contribution in [0.15, 0.2) is 48.7 Å². The van der Waals surface area contributed by atoms with Crippen molar-refractivity contribution in [2.24, 2.45) is 0 Å². The van der Waals surface area contributed by atoms with Gasteiger partial charge in [0.05, 0.1) is 0 Å². The maximum absolute atomic E-state index is 14.2. The molecule has 0 aliphatic carbocycles. The zero-order chi connectivity index (χ0) is 23.8. The number of hydrogen-bond donors (Lipinski definition) is 2. The third kappa shape index (κ3) is 3.87. The molecule has 0 spiro atoms. The molecule has 1 saturated heterocycles. The van der Waals surface area contributed by atoms with Crippen molar-refractivity contribution in [2.45, 2.75) is 13.5 Å². The Hall–Kier alpha value is -4.21. The van der Waals surface area contributed by atoms with Crippen molar-refractivity contribution in [3.05, 3.63) is 65.7 Å². The van der Waals surface area contributed by atoms with Gasteiger partial charge in [0.1, 0.15) is 22.7 Å². The highest BCUT2D eigenvalue weighted by Crippen LogP contribution is 2.24. The number of nitrogen functional groups attached to an aromatic ring is 1. The van der Waals surface area contributed by atoms with Crippen LogP contribution >= 0.6 is 0 Å². The quantitative estimate of drug-likeness (QED) is 0.482. The van der Waals surface area contributed by atoms with E-state index in [1.54, 1.807) is 19.1 Å². The molecule has 5 rings (SSSR count). The van der Waals surface area contributed by atoms with Gasteiger partial charge in [0.25, 0.3) is 5.91 Å². The van der Waals surface area contributed by atoms with Crippen LogP contribution in [0.5, 0.6) is 0 Å². The van der Waals surface area contributed by atoms with E-state index < -0.39 is 5.82 Å². The Morgan fingerprint density at radius 2 is 1.82 bits per heavy atom. The average Bonchev–Trinajstić information content (AvgIpc) is 3.30. The first-order valence-electron chi connectivity index (χ1n) is 11.0. The highest BCUT2D eigenvalue weighted by atomic mass is 19.1. The molecule has 34 heavy (non-hydrogen) atoms. The summed E-state index contributed by atoms with van der Waals surface area (Å²) in [5.41, 5.74) is 8.62. The molecule has 4 aromatic rings. The smallest absolute Gasteiger partial charge is 0.271 e. The molecule has 9 nitrogen and oxygen atoms in total. The van der Waals surface area contributed by atoms with Crippen LogP contribution in [0.4, 0.5) is 16.0 Å². The molecule has 0 bridgehead atoms. The number of carbonyl (C=O) groups is 2. The van der Waals surface area contributed by atoms with Crippen molar-refractivity contribution < 1.29 is 14.0 Å². The second-order valence-corrected chi connectivity index (χ2v) is 8.23. The number of anilines is 2. The molecule has 2 aromatic carbocycles. The third-order valence-electron chi connectivity index (χ3n) is 6.14. The van der Waals surface area contributed by atoms with Gasteiger partial charge >= 0.3 is 0 Å². The Balaban J connectivity index is 1.35. The summed E-state index contributed by atoms with van der Waals surface area (Å²) >= 11 is 0. The van der Waals surface area contributed by atoms with Crippen LogP contribution in [0, 0.1) is 5.82 Å². The molecule has 0 saturated carbocycles. The van der Waals surface area contributed by atoms with Crippen molar-refractivity contribution in [2.75, 3.05) is 36.8 Å². The summed E-state index contributed by atoms with van der Waals surface area (Å²) in [6, 6.07) is 12.4. The molecule has 174 valence electrons. The average molecular weight is 462 g/mol. The van der Waals surface area contributed by atoms with E-state index in [1.807, 2.05) is 29.2 Å².